The van der Waals surface area contributed by atoms with Gasteiger partial charge in [0.05, 0.1) is 17.0 Å². The Morgan fingerprint density at radius 2 is 2.13 bits per heavy atom. The second-order valence-corrected chi connectivity index (χ2v) is 8.13. The van der Waals surface area contributed by atoms with Crippen LogP contribution in [0.1, 0.15) is 24.8 Å². The quantitative estimate of drug-likeness (QED) is 0.900. The Labute approximate surface area is 133 Å². The van der Waals surface area contributed by atoms with Crippen molar-refractivity contribution in [3.8, 4) is 0 Å². The van der Waals surface area contributed by atoms with Gasteiger partial charge in [0.15, 0.2) is 6.10 Å². The Balaban J connectivity index is 1.94. The molecule has 2 fully saturated rings. The number of carbonyl (C=O) groups is 1. The first kappa shape index (κ1) is 16.4. The van der Waals surface area contributed by atoms with Crippen molar-refractivity contribution in [3.63, 3.8) is 0 Å². The van der Waals surface area contributed by atoms with Crippen LogP contribution < -0.4 is 0 Å². The molecule has 1 spiro atoms. The first-order valence-electron chi connectivity index (χ1n) is 7.40. The number of nitrogens with zero attached hydrogens (tertiary/aromatic N) is 1. The fourth-order valence-corrected chi connectivity index (χ4v) is 4.63. The Bertz CT molecular complexity index is 744. The van der Waals surface area contributed by atoms with Gasteiger partial charge >= 0.3 is 5.97 Å². The molecular formula is C15H18FNO5S. The van der Waals surface area contributed by atoms with Gasteiger partial charge in [-0.3, -0.25) is 0 Å². The van der Waals surface area contributed by atoms with Crippen molar-refractivity contribution in [1.82, 2.24) is 4.31 Å². The topological polar surface area (TPSA) is 83.9 Å². The minimum absolute atomic E-state index is 0.0306. The Morgan fingerprint density at radius 1 is 1.43 bits per heavy atom. The van der Waals surface area contributed by atoms with Crippen molar-refractivity contribution in [2.24, 2.45) is 0 Å². The summed E-state index contributed by atoms with van der Waals surface area (Å²) in [5.74, 6) is -1.66. The molecule has 8 heteroatoms. The summed E-state index contributed by atoms with van der Waals surface area (Å²) >= 11 is 0. The number of morpholine rings is 1. The number of sulfonamides is 1. The van der Waals surface area contributed by atoms with Gasteiger partial charge in [0.2, 0.25) is 10.0 Å². The summed E-state index contributed by atoms with van der Waals surface area (Å²) < 4.78 is 45.7. The summed E-state index contributed by atoms with van der Waals surface area (Å²) in [5, 5.41) is 9.23. The number of hydrogen-bond donors (Lipinski definition) is 1. The third-order valence-electron chi connectivity index (χ3n) is 4.53. The van der Waals surface area contributed by atoms with Crippen LogP contribution in [0, 0.1) is 12.7 Å². The van der Waals surface area contributed by atoms with E-state index in [-0.39, 0.29) is 23.5 Å². The maximum Gasteiger partial charge on any atom is 0.334 e. The van der Waals surface area contributed by atoms with E-state index < -0.39 is 33.5 Å². The van der Waals surface area contributed by atoms with Gasteiger partial charge < -0.3 is 9.84 Å². The van der Waals surface area contributed by atoms with Crippen molar-refractivity contribution in [3.05, 3.63) is 29.6 Å². The molecule has 1 unspecified atom stereocenters. The third kappa shape index (κ3) is 2.86. The molecule has 126 valence electrons. The summed E-state index contributed by atoms with van der Waals surface area (Å²) in [4.78, 5) is 11.3. The lowest BCUT2D eigenvalue weighted by Gasteiger charge is -2.49. The van der Waals surface area contributed by atoms with Crippen LogP contribution in [0.2, 0.25) is 0 Å². The Morgan fingerprint density at radius 3 is 2.65 bits per heavy atom. The minimum atomic E-state index is -3.89. The SMILES string of the molecule is Cc1cc(S(=O)(=O)N2CC(C(=O)O)OC3(CCC3)C2)ccc1F. The van der Waals surface area contributed by atoms with Gasteiger partial charge in [0, 0.05) is 6.54 Å². The first-order chi connectivity index (χ1) is 10.7. The van der Waals surface area contributed by atoms with Gasteiger partial charge in [0.25, 0.3) is 0 Å². The minimum Gasteiger partial charge on any atom is -0.479 e. The highest BCUT2D eigenvalue weighted by molar-refractivity contribution is 7.89. The van der Waals surface area contributed by atoms with Gasteiger partial charge in [-0.1, -0.05) is 0 Å². The molecule has 0 radical (unpaired) electrons. The molecular weight excluding hydrogens is 325 g/mol. The molecule has 0 amide bonds. The van der Waals surface area contributed by atoms with Gasteiger partial charge in [0.1, 0.15) is 5.82 Å². The van der Waals surface area contributed by atoms with E-state index in [4.69, 9.17) is 4.74 Å². The number of rotatable bonds is 3. The lowest BCUT2D eigenvalue weighted by Crippen LogP contribution is -2.61. The van der Waals surface area contributed by atoms with Crippen LogP contribution in [0.5, 0.6) is 0 Å². The van der Waals surface area contributed by atoms with E-state index in [0.717, 1.165) is 16.8 Å². The van der Waals surface area contributed by atoms with Crippen molar-refractivity contribution < 1.29 is 27.4 Å². The molecule has 2 aliphatic rings. The van der Waals surface area contributed by atoms with Crippen LogP contribution in [0.25, 0.3) is 0 Å². The van der Waals surface area contributed by atoms with Crippen LogP contribution >= 0.6 is 0 Å². The molecule has 1 saturated carbocycles. The van der Waals surface area contributed by atoms with E-state index in [1.807, 2.05) is 0 Å². The Hall–Kier alpha value is -1.51. The molecule has 0 aromatic heterocycles. The Kier molecular flexibility index (Phi) is 3.94. The maximum atomic E-state index is 13.4. The van der Waals surface area contributed by atoms with E-state index in [1.54, 1.807) is 0 Å². The summed E-state index contributed by atoms with van der Waals surface area (Å²) in [7, 11) is -3.89. The lowest BCUT2D eigenvalue weighted by molar-refractivity contribution is -0.195. The van der Waals surface area contributed by atoms with E-state index in [9.17, 15) is 22.7 Å². The summed E-state index contributed by atoms with van der Waals surface area (Å²) in [6.45, 7) is 1.38. The van der Waals surface area contributed by atoms with Crippen LogP contribution in [-0.2, 0) is 19.6 Å². The molecule has 23 heavy (non-hydrogen) atoms. The monoisotopic (exact) mass is 343 g/mol. The zero-order chi connectivity index (χ0) is 16.8. The first-order valence-corrected chi connectivity index (χ1v) is 8.84. The molecule has 1 heterocycles. The number of carboxylic acids is 1. The van der Waals surface area contributed by atoms with Crippen LogP contribution in [0.4, 0.5) is 4.39 Å². The summed E-state index contributed by atoms with van der Waals surface area (Å²) in [6, 6.07) is 3.58. The maximum absolute atomic E-state index is 13.4. The second-order valence-electron chi connectivity index (χ2n) is 6.19. The van der Waals surface area contributed by atoms with E-state index in [1.165, 1.54) is 19.1 Å². The highest BCUT2D eigenvalue weighted by Gasteiger charge is 2.50. The van der Waals surface area contributed by atoms with Crippen LogP contribution in [0.3, 0.4) is 0 Å². The van der Waals surface area contributed by atoms with Crippen molar-refractivity contribution in [2.75, 3.05) is 13.1 Å². The van der Waals surface area contributed by atoms with E-state index in [0.29, 0.717) is 12.8 Å². The number of aliphatic carboxylic acids is 1. The van der Waals surface area contributed by atoms with E-state index in [2.05, 4.69) is 0 Å². The fourth-order valence-electron chi connectivity index (χ4n) is 3.03. The van der Waals surface area contributed by atoms with Crippen LogP contribution in [0.15, 0.2) is 23.1 Å². The number of halogens is 1. The zero-order valence-corrected chi connectivity index (χ0v) is 13.5. The van der Waals surface area contributed by atoms with Crippen molar-refractivity contribution in [2.45, 2.75) is 42.8 Å². The largest absolute Gasteiger partial charge is 0.479 e. The fraction of sp³-hybridized carbons (Fsp3) is 0.533. The number of carboxylic acid groups (broad SMARTS) is 1. The smallest absolute Gasteiger partial charge is 0.334 e. The number of ether oxygens (including phenoxy) is 1. The highest BCUT2D eigenvalue weighted by atomic mass is 32.2. The standard InChI is InChI=1S/C15H18FNO5S/c1-10-7-11(3-4-12(10)16)23(20,21)17-8-13(14(18)19)22-15(9-17)5-2-6-15/h3-4,7,13H,2,5-6,8-9H2,1H3,(H,18,19). The average Bonchev–Trinajstić information content (AvgIpc) is 2.47. The highest BCUT2D eigenvalue weighted by Crippen LogP contribution is 2.41. The normalized spacial score (nSPS) is 24.3. The van der Waals surface area contributed by atoms with Gasteiger partial charge in [-0.15, -0.1) is 0 Å². The van der Waals surface area contributed by atoms with Gasteiger partial charge in [-0.25, -0.2) is 17.6 Å². The molecule has 1 aliphatic carbocycles. The molecule has 1 N–H and O–H groups in total. The molecule has 0 bridgehead atoms. The van der Waals surface area contributed by atoms with E-state index >= 15 is 0 Å². The van der Waals surface area contributed by atoms with Crippen molar-refractivity contribution >= 4 is 16.0 Å². The van der Waals surface area contributed by atoms with Gasteiger partial charge in [-0.2, -0.15) is 4.31 Å². The molecule has 1 aromatic rings. The third-order valence-corrected chi connectivity index (χ3v) is 6.34. The lowest BCUT2D eigenvalue weighted by atomic mass is 9.79. The molecule has 1 aliphatic heterocycles. The number of aryl methyl sites for hydroxylation is 1. The average molecular weight is 343 g/mol. The zero-order valence-electron chi connectivity index (χ0n) is 12.7. The molecule has 1 saturated heterocycles. The molecule has 6 nitrogen and oxygen atoms in total. The summed E-state index contributed by atoms with van der Waals surface area (Å²) in [6.07, 6.45) is 0.993. The summed E-state index contributed by atoms with van der Waals surface area (Å²) in [5.41, 5.74) is -0.476. The van der Waals surface area contributed by atoms with Gasteiger partial charge in [-0.05, 0) is 49.9 Å². The number of hydrogen-bond acceptors (Lipinski definition) is 4. The van der Waals surface area contributed by atoms with Crippen LogP contribution in [-0.4, -0.2) is 48.6 Å². The predicted octanol–water partition coefficient (Wildman–Crippen LogP) is 1.53. The second kappa shape index (κ2) is 5.54. The van der Waals surface area contributed by atoms with Crippen molar-refractivity contribution in [1.29, 1.82) is 0 Å². The molecule has 3 rings (SSSR count). The molecule has 1 atom stereocenters. The number of benzene rings is 1. The predicted molar refractivity (Wildman–Crippen MR) is 79.0 cm³/mol. The molecule has 1 aromatic carbocycles.